The lowest BCUT2D eigenvalue weighted by Gasteiger charge is -2.25. The molecular weight excluding hydrogens is 474 g/mol. The van der Waals surface area contributed by atoms with E-state index in [1.807, 2.05) is 81.4 Å². The minimum atomic E-state index is -0.583. The maximum Gasteiger partial charge on any atom is 0.407 e. The summed E-state index contributed by atoms with van der Waals surface area (Å²) < 4.78 is 10.9. The van der Waals surface area contributed by atoms with Gasteiger partial charge in [-0.25, -0.2) is 9.59 Å². The highest BCUT2D eigenvalue weighted by molar-refractivity contribution is 7.09. The number of hydrogen-bond donors (Lipinski definition) is 2. The molecule has 36 heavy (non-hydrogen) atoms. The normalized spacial score (nSPS) is 12.9. The first-order chi connectivity index (χ1) is 17.3. The molecule has 0 aliphatic carbocycles. The van der Waals surface area contributed by atoms with Gasteiger partial charge in [-0.05, 0) is 57.6 Å². The predicted octanol–water partition coefficient (Wildman–Crippen LogP) is 5.90. The Balaban J connectivity index is 1.65. The Morgan fingerprint density at radius 2 is 1.39 bits per heavy atom. The summed E-state index contributed by atoms with van der Waals surface area (Å²) in [4.78, 5) is 30.0. The van der Waals surface area contributed by atoms with E-state index in [-0.39, 0.29) is 18.7 Å². The molecule has 2 aromatic carbocycles. The topological polar surface area (TPSA) is 89.6 Å². The molecule has 1 heterocycles. The lowest BCUT2D eigenvalue weighted by atomic mass is 9.96. The molecular formula is C28H35N3O4S. The number of thiazole rings is 1. The van der Waals surface area contributed by atoms with E-state index in [1.54, 1.807) is 11.7 Å². The van der Waals surface area contributed by atoms with Crippen LogP contribution in [0.4, 0.5) is 9.59 Å². The number of alkyl carbamates (subject to hydrolysis) is 2. The molecule has 0 saturated carbocycles. The molecule has 3 aromatic rings. The smallest absolute Gasteiger partial charge is 0.407 e. The summed E-state index contributed by atoms with van der Waals surface area (Å²) in [6.07, 6.45) is 3.40. The molecule has 0 radical (unpaired) electrons. The number of carbonyl (C=O) groups excluding carboxylic acids is 2. The van der Waals surface area contributed by atoms with E-state index in [0.717, 1.165) is 16.0 Å². The van der Waals surface area contributed by atoms with E-state index in [4.69, 9.17) is 9.47 Å². The molecule has 2 atom stereocenters. The Labute approximate surface area is 217 Å². The predicted molar refractivity (Wildman–Crippen MR) is 142 cm³/mol. The van der Waals surface area contributed by atoms with Crippen molar-refractivity contribution in [3.63, 3.8) is 0 Å². The van der Waals surface area contributed by atoms with Gasteiger partial charge in [-0.1, -0.05) is 60.7 Å². The van der Waals surface area contributed by atoms with E-state index in [0.29, 0.717) is 25.7 Å². The molecule has 0 aliphatic rings. The number of ether oxygens (including phenoxy) is 2. The Bertz CT molecular complexity index is 1050. The van der Waals surface area contributed by atoms with Gasteiger partial charge in [0.1, 0.15) is 12.2 Å². The van der Waals surface area contributed by atoms with Gasteiger partial charge in [0.2, 0.25) is 0 Å². The number of benzene rings is 2. The van der Waals surface area contributed by atoms with Crippen LogP contribution in [0.15, 0.2) is 72.4 Å². The zero-order valence-corrected chi connectivity index (χ0v) is 21.9. The van der Waals surface area contributed by atoms with Crippen LogP contribution in [-0.4, -0.2) is 34.9 Å². The molecule has 0 aliphatic heterocycles. The van der Waals surface area contributed by atoms with E-state index in [9.17, 15) is 9.59 Å². The number of hydrogen-bond acceptors (Lipinski definition) is 6. The highest BCUT2D eigenvalue weighted by Crippen LogP contribution is 2.15. The van der Waals surface area contributed by atoms with E-state index < -0.39 is 17.8 Å². The van der Waals surface area contributed by atoms with Crippen LogP contribution in [0.3, 0.4) is 0 Å². The van der Waals surface area contributed by atoms with Crippen molar-refractivity contribution in [1.82, 2.24) is 15.6 Å². The van der Waals surface area contributed by atoms with Gasteiger partial charge in [0.25, 0.3) is 0 Å². The Hall–Kier alpha value is -3.39. The van der Waals surface area contributed by atoms with Gasteiger partial charge in [0.15, 0.2) is 0 Å². The van der Waals surface area contributed by atoms with Crippen molar-refractivity contribution < 1.29 is 19.1 Å². The van der Waals surface area contributed by atoms with Gasteiger partial charge in [-0.15, -0.1) is 11.3 Å². The van der Waals surface area contributed by atoms with Crippen LogP contribution in [0.2, 0.25) is 0 Å². The van der Waals surface area contributed by atoms with Crippen LogP contribution >= 0.6 is 11.3 Å². The van der Waals surface area contributed by atoms with Crippen molar-refractivity contribution in [1.29, 1.82) is 0 Å². The van der Waals surface area contributed by atoms with Crippen molar-refractivity contribution in [2.24, 2.45) is 0 Å². The lowest BCUT2D eigenvalue weighted by Crippen LogP contribution is -2.42. The monoisotopic (exact) mass is 509 g/mol. The van der Waals surface area contributed by atoms with Gasteiger partial charge < -0.3 is 20.1 Å². The number of carbonyl (C=O) groups is 2. The maximum absolute atomic E-state index is 12.6. The Morgan fingerprint density at radius 1 is 0.861 bits per heavy atom. The van der Waals surface area contributed by atoms with Crippen LogP contribution in [0, 0.1) is 0 Å². The third-order valence-electron chi connectivity index (χ3n) is 5.39. The van der Waals surface area contributed by atoms with Gasteiger partial charge in [0, 0.05) is 18.3 Å². The summed E-state index contributed by atoms with van der Waals surface area (Å²) in [6, 6.07) is 19.7. The van der Waals surface area contributed by atoms with E-state index in [2.05, 4.69) is 15.6 Å². The molecule has 2 amide bonds. The van der Waals surface area contributed by atoms with Crippen molar-refractivity contribution in [3.05, 3.63) is 88.4 Å². The zero-order valence-electron chi connectivity index (χ0n) is 21.1. The Morgan fingerprint density at radius 3 is 1.86 bits per heavy atom. The van der Waals surface area contributed by atoms with Crippen molar-refractivity contribution in [3.8, 4) is 0 Å². The minimum Gasteiger partial charge on any atom is -0.444 e. The van der Waals surface area contributed by atoms with Gasteiger partial charge in [0.05, 0.1) is 10.4 Å². The molecule has 0 saturated heterocycles. The van der Waals surface area contributed by atoms with Crippen molar-refractivity contribution >= 4 is 23.5 Å². The first-order valence-corrected chi connectivity index (χ1v) is 13.0. The van der Waals surface area contributed by atoms with E-state index >= 15 is 0 Å². The SMILES string of the molecule is CC(C)(C)OC(=O)NC(CCC(Cc1ccccc1)NC(=O)OCc1cncs1)Cc1ccccc1. The van der Waals surface area contributed by atoms with Gasteiger partial charge in [-0.3, -0.25) is 4.98 Å². The molecule has 192 valence electrons. The number of amides is 2. The molecule has 0 fully saturated rings. The average Bonchev–Trinajstić information content (AvgIpc) is 3.35. The van der Waals surface area contributed by atoms with Gasteiger partial charge in [-0.2, -0.15) is 0 Å². The fourth-order valence-electron chi connectivity index (χ4n) is 3.78. The molecule has 1 aromatic heterocycles. The second kappa shape index (κ2) is 13.6. The summed E-state index contributed by atoms with van der Waals surface area (Å²) in [5.74, 6) is 0. The summed E-state index contributed by atoms with van der Waals surface area (Å²) in [5.41, 5.74) is 3.36. The third kappa shape index (κ3) is 10.5. The standard InChI is InChI=1S/C28H35N3O4S/c1-28(2,3)35-27(33)31-24(17-22-12-8-5-9-13-22)15-14-23(16-21-10-6-4-7-11-21)30-26(32)34-19-25-18-29-20-36-25/h4-13,18,20,23-24H,14-17,19H2,1-3H3,(H,30,32)(H,31,33). The molecule has 2 unspecified atom stereocenters. The first-order valence-electron chi connectivity index (χ1n) is 12.1. The fraction of sp³-hybridized carbons (Fsp3) is 0.393. The quantitative estimate of drug-likeness (QED) is 0.336. The van der Waals surface area contributed by atoms with E-state index in [1.165, 1.54) is 11.3 Å². The Kier molecular flexibility index (Phi) is 10.3. The van der Waals surface area contributed by atoms with Crippen LogP contribution in [0.25, 0.3) is 0 Å². The van der Waals surface area contributed by atoms with Crippen LogP contribution in [0.5, 0.6) is 0 Å². The third-order valence-corrected chi connectivity index (χ3v) is 6.14. The summed E-state index contributed by atoms with van der Waals surface area (Å²) >= 11 is 1.44. The molecule has 3 rings (SSSR count). The van der Waals surface area contributed by atoms with Crippen molar-refractivity contribution in [2.45, 2.75) is 70.7 Å². The molecule has 8 heteroatoms. The minimum absolute atomic E-state index is 0.157. The number of nitrogens with zero attached hydrogens (tertiary/aromatic N) is 1. The van der Waals surface area contributed by atoms with Crippen LogP contribution in [-0.2, 0) is 28.9 Å². The maximum atomic E-state index is 12.6. The number of aromatic nitrogens is 1. The van der Waals surface area contributed by atoms with Gasteiger partial charge >= 0.3 is 12.2 Å². The average molecular weight is 510 g/mol. The molecule has 2 N–H and O–H groups in total. The number of rotatable bonds is 11. The second-order valence-corrected chi connectivity index (χ2v) is 10.7. The molecule has 7 nitrogen and oxygen atoms in total. The lowest BCUT2D eigenvalue weighted by molar-refractivity contribution is 0.0499. The van der Waals surface area contributed by atoms with Crippen molar-refractivity contribution in [2.75, 3.05) is 0 Å². The highest BCUT2D eigenvalue weighted by Gasteiger charge is 2.22. The summed E-state index contributed by atoms with van der Waals surface area (Å²) in [5, 5.41) is 6.05. The fourth-order valence-corrected chi connectivity index (χ4v) is 4.29. The second-order valence-electron chi connectivity index (χ2n) is 9.69. The zero-order chi connectivity index (χ0) is 25.8. The summed E-state index contributed by atoms with van der Waals surface area (Å²) in [7, 11) is 0. The molecule has 0 bridgehead atoms. The summed E-state index contributed by atoms with van der Waals surface area (Å²) in [6.45, 7) is 5.72. The largest absolute Gasteiger partial charge is 0.444 e. The number of nitrogens with one attached hydrogen (secondary N) is 2. The highest BCUT2D eigenvalue weighted by atomic mass is 32.1. The first kappa shape index (κ1) is 27.2. The molecule has 0 spiro atoms. The van der Waals surface area contributed by atoms with Crippen LogP contribution in [0.1, 0.15) is 49.6 Å². The van der Waals surface area contributed by atoms with Crippen LogP contribution < -0.4 is 10.6 Å².